The fourth-order valence-electron chi connectivity index (χ4n) is 2.65. The van der Waals surface area contributed by atoms with E-state index in [1.807, 2.05) is 34.1 Å². The number of benzene rings is 1. The molecule has 0 atom stereocenters. The van der Waals surface area contributed by atoms with Crippen molar-refractivity contribution in [2.45, 2.75) is 25.9 Å². The molecule has 6 nitrogen and oxygen atoms in total. The lowest BCUT2D eigenvalue weighted by atomic mass is 10.0. The van der Waals surface area contributed by atoms with Crippen molar-refractivity contribution in [2.24, 2.45) is 4.99 Å². The first-order chi connectivity index (χ1) is 12.2. The Bertz CT molecular complexity index is 648. The van der Waals surface area contributed by atoms with Crippen molar-refractivity contribution >= 4 is 47.4 Å². The van der Waals surface area contributed by atoms with Crippen LogP contribution in [0.15, 0.2) is 29.3 Å². The molecule has 0 radical (unpaired) electrons. The zero-order valence-corrected chi connectivity index (χ0v) is 19.9. The standard InChI is InChI=1S/C19H30ClN5O.HI/c1-19(2,23(4)5)14-22-18(21-3)25-11-10-24(17(26)13-25)12-15-6-8-16(20)9-7-15;/h6-9H,10-14H2,1-5H3,(H,21,22);1H. The normalized spacial score (nSPS) is 15.8. The molecular formula is C19H31ClIN5O. The van der Waals surface area contributed by atoms with Gasteiger partial charge in [0, 0.05) is 43.8 Å². The summed E-state index contributed by atoms with van der Waals surface area (Å²) in [6.45, 7) is 7.50. The number of rotatable bonds is 5. The summed E-state index contributed by atoms with van der Waals surface area (Å²) in [7, 11) is 5.88. The third kappa shape index (κ3) is 6.80. The number of nitrogens with one attached hydrogen (secondary N) is 1. The molecule has 1 aromatic carbocycles. The molecule has 2 rings (SSSR count). The van der Waals surface area contributed by atoms with Crippen LogP contribution in [-0.2, 0) is 11.3 Å². The SMILES string of the molecule is CN=C(NCC(C)(C)N(C)C)N1CCN(Cc2ccc(Cl)cc2)C(=O)C1.I. The lowest BCUT2D eigenvalue weighted by Gasteiger charge is -2.38. The van der Waals surface area contributed by atoms with Crippen LogP contribution < -0.4 is 5.32 Å². The largest absolute Gasteiger partial charge is 0.354 e. The van der Waals surface area contributed by atoms with Gasteiger partial charge >= 0.3 is 0 Å². The van der Waals surface area contributed by atoms with Crippen LogP contribution in [0.1, 0.15) is 19.4 Å². The third-order valence-electron chi connectivity index (χ3n) is 5.01. The number of guanidine groups is 1. The Morgan fingerprint density at radius 1 is 1.26 bits per heavy atom. The van der Waals surface area contributed by atoms with E-state index in [4.69, 9.17) is 11.6 Å². The van der Waals surface area contributed by atoms with E-state index in [9.17, 15) is 4.79 Å². The minimum Gasteiger partial charge on any atom is -0.354 e. The molecular weight excluding hydrogens is 477 g/mol. The van der Waals surface area contributed by atoms with Gasteiger partial charge in [0.25, 0.3) is 0 Å². The molecule has 0 spiro atoms. The van der Waals surface area contributed by atoms with Gasteiger partial charge in [-0.25, -0.2) is 0 Å². The van der Waals surface area contributed by atoms with E-state index in [1.54, 1.807) is 7.05 Å². The Morgan fingerprint density at radius 3 is 2.41 bits per heavy atom. The second-order valence-electron chi connectivity index (χ2n) is 7.47. The molecule has 1 saturated heterocycles. The molecule has 8 heteroatoms. The Morgan fingerprint density at radius 2 is 1.89 bits per heavy atom. The van der Waals surface area contributed by atoms with Gasteiger partial charge in [-0.1, -0.05) is 23.7 Å². The van der Waals surface area contributed by atoms with Gasteiger partial charge in [-0.05, 0) is 45.6 Å². The molecule has 1 aliphatic heterocycles. The van der Waals surface area contributed by atoms with Crippen molar-refractivity contribution in [3.8, 4) is 0 Å². The van der Waals surface area contributed by atoms with E-state index in [-0.39, 0.29) is 35.4 Å². The molecule has 1 amide bonds. The highest BCUT2D eigenvalue weighted by Crippen LogP contribution is 2.14. The van der Waals surface area contributed by atoms with Crippen LogP contribution in [0.2, 0.25) is 5.02 Å². The van der Waals surface area contributed by atoms with Crippen LogP contribution in [0.4, 0.5) is 0 Å². The molecule has 1 aromatic rings. The lowest BCUT2D eigenvalue weighted by molar-refractivity contribution is -0.135. The van der Waals surface area contributed by atoms with Crippen molar-refractivity contribution in [3.63, 3.8) is 0 Å². The Hall–Kier alpha value is -1.06. The number of halogens is 2. The fourth-order valence-corrected chi connectivity index (χ4v) is 2.78. The van der Waals surface area contributed by atoms with Crippen LogP contribution in [0.5, 0.6) is 0 Å². The predicted octanol–water partition coefficient (Wildman–Crippen LogP) is 2.52. The Kier molecular flexibility index (Phi) is 9.30. The summed E-state index contributed by atoms with van der Waals surface area (Å²) in [4.78, 5) is 23.0. The highest BCUT2D eigenvalue weighted by molar-refractivity contribution is 14.0. The maximum absolute atomic E-state index is 12.6. The number of amides is 1. The highest BCUT2D eigenvalue weighted by Gasteiger charge is 2.27. The van der Waals surface area contributed by atoms with Gasteiger partial charge < -0.3 is 20.0 Å². The van der Waals surface area contributed by atoms with Crippen LogP contribution in [0.25, 0.3) is 0 Å². The zero-order chi connectivity index (χ0) is 19.3. The summed E-state index contributed by atoms with van der Waals surface area (Å²) in [5, 5.41) is 4.11. The first kappa shape index (κ1) is 24.0. The Labute approximate surface area is 185 Å². The molecule has 0 aromatic heterocycles. The average Bonchev–Trinajstić information content (AvgIpc) is 2.59. The van der Waals surface area contributed by atoms with Crippen molar-refractivity contribution in [2.75, 3.05) is 47.3 Å². The molecule has 1 aliphatic rings. The van der Waals surface area contributed by atoms with Gasteiger partial charge in [0.05, 0.1) is 6.54 Å². The number of likely N-dealkylation sites (N-methyl/N-ethyl adjacent to an activating group) is 1. The lowest BCUT2D eigenvalue weighted by Crippen LogP contribution is -2.57. The fraction of sp³-hybridized carbons (Fsp3) is 0.579. The second kappa shape index (κ2) is 10.5. The summed E-state index contributed by atoms with van der Waals surface area (Å²) in [5.41, 5.74) is 1.09. The van der Waals surface area contributed by atoms with Gasteiger partial charge in [0.1, 0.15) is 0 Å². The maximum atomic E-state index is 12.6. The number of hydrogen-bond acceptors (Lipinski definition) is 3. The third-order valence-corrected chi connectivity index (χ3v) is 5.26. The number of carbonyl (C=O) groups is 1. The first-order valence-corrected chi connectivity index (χ1v) is 9.26. The second-order valence-corrected chi connectivity index (χ2v) is 7.91. The van der Waals surface area contributed by atoms with E-state index in [0.29, 0.717) is 24.7 Å². The number of carbonyl (C=O) groups excluding carboxylic acids is 1. The van der Waals surface area contributed by atoms with Crippen molar-refractivity contribution < 1.29 is 4.79 Å². The van der Waals surface area contributed by atoms with Crippen LogP contribution in [-0.4, -0.2) is 79.4 Å². The topological polar surface area (TPSA) is 51.2 Å². The van der Waals surface area contributed by atoms with Crippen molar-refractivity contribution in [1.29, 1.82) is 0 Å². The summed E-state index contributed by atoms with van der Waals surface area (Å²) in [6.07, 6.45) is 0. The summed E-state index contributed by atoms with van der Waals surface area (Å²) in [5.74, 6) is 0.889. The average molecular weight is 508 g/mol. The predicted molar refractivity (Wildman–Crippen MR) is 123 cm³/mol. The minimum absolute atomic E-state index is 0. The minimum atomic E-state index is -0.00362. The summed E-state index contributed by atoms with van der Waals surface area (Å²) < 4.78 is 0. The number of hydrogen-bond donors (Lipinski definition) is 1. The van der Waals surface area contributed by atoms with E-state index in [1.165, 1.54) is 0 Å². The number of piperazine rings is 1. The van der Waals surface area contributed by atoms with Gasteiger partial charge in [-0.2, -0.15) is 0 Å². The first-order valence-electron chi connectivity index (χ1n) is 8.88. The molecule has 1 fully saturated rings. The van der Waals surface area contributed by atoms with Gasteiger partial charge in [-0.3, -0.25) is 9.79 Å². The number of aliphatic imine (C=N–C) groups is 1. The Balaban J connectivity index is 0.00000364. The van der Waals surface area contributed by atoms with Crippen LogP contribution in [0, 0.1) is 0 Å². The van der Waals surface area contributed by atoms with Gasteiger partial charge in [0.2, 0.25) is 5.91 Å². The van der Waals surface area contributed by atoms with E-state index in [2.05, 4.69) is 43.2 Å². The summed E-state index contributed by atoms with van der Waals surface area (Å²) >= 11 is 5.92. The van der Waals surface area contributed by atoms with E-state index < -0.39 is 0 Å². The molecule has 27 heavy (non-hydrogen) atoms. The van der Waals surface area contributed by atoms with Gasteiger partial charge in [0.15, 0.2) is 5.96 Å². The molecule has 1 N–H and O–H groups in total. The van der Waals surface area contributed by atoms with Crippen molar-refractivity contribution in [3.05, 3.63) is 34.9 Å². The van der Waals surface area contributed by atoms with Gasteiger partial charge in [-0.15, -0.1) is 24.0 Å². The molecule has 152 valence electrons. The highest BCUT2D eigenvalue weighted by atomic mass is 127. The molecule has 0 aliphatic carbocycles. The maximum Gasteiger partial charge on any atom is 0.242 e. The summed E-state index contributed by atoms with van der Waals surface area (Å²) in [6, 6.07) is 7.64. The quantitative estimate of drug-likeness (QED) is 0.378. The molecule has 0 bridgehead atoms. The van der Waals surface area contributed by atoms with Crippen molar-refractivity contribution in [1.82, 2.24) is 20.0 Å². The molecule has 0 saturated carbocycles. The van der Waals surface area contributed by atoms with Crippen LogP contribution >= 0.6 is 35.6 Å². The zero-order valence-electron chi connectivity index (χ0n) is 16.8. The van der Waals surface area contributed by atoms with E-state index in [0.717, 1.165) is 24.6 Å². The smallest absolute Gasteiger partial charge is 0.242 e. The number of nitrogens with zero attached hydrogens (tertiary/aromatic N) is 4. The van der Waals surface area contributed by atoms with E-state index >= 15 is 0 Å². The van der Waals surface area contributed by atoms with Crippen LogP contribution in [0.3, 0.4) is 0 Å². The monoisotopic (exact) mass is 507 g/mol. The molecule has 1 heterocycles. The molecule has 0 unspecified atom stereocenters.